The summed E-state index contributed by atoms with van der Waals surface area (Å²) in [6.07, 6.45) is 3.44. The fourth-order valence-corrected chi connectivity index (χ4v) is 34.8. The number of rotatable bonds is 15. The molecule has 14 nitrogen and oxygen atoms in total. The van der Waals surface area contributed by atoms with E-state index in [2.05, 4.69) is 152 Å². The molecule has 4 aromatic carbocycles. The molecule has 2 aromatic heterocycles. The molecule has 336 valence electrons. The Morgan fingerprint density at radius 3 is 1.59 bits per heavy atom. The summed E-state index contributed by atoms with van der Waals surface area (Å²) in [5.74, 6) is 4.10. The van der Waals surface area contributed by atoms with Crippen molar-refractivity contribution in [1.82, 2.24) is 13.8 Å². The van der Waals surface area contributed by atoms with Crippen LogP contribution < -0.4 is 16.3 Å². The van der Waals surface area contributed by atoms with Crippen LogP contribution in [0.5, 0.6) is 0 Å². The Hall–Kier alpha value is -6.25. The Kier molecular flexibility index (Phi) is 8.53. The Labute approximate surface area is 383 Å². The second-order valence-corrected chi connectivity index (χ2v) is 34.0. The van der Waals surface area contributed by atoms with Gasteiger partial charge < -0.3 is 4.74 Å². The van der Waals surface area contributed by atoms with Gasteiger partial charge in [-0.15, -0.1) is 0 Å². The summed E-state index contributed by atoms with van der Waals surface area (Å²) in [4.78, 5) is 48.0. The molecule has 8 heterocycles. The van der Waals surface area contributed by atoms with Gasteiger partial charge in [-0.05, 0) is 0 Å². The van der Waals surface area contributed by atoms with E-state index in [4.69, 9.17) is 32.9 Å². The van der Waals surface area contributed by atoms with Crippen molar-refractivity contribution in [2.75, 3.05) is 13.7 Å². The van der Waals surface area contributed by atoms with Gasteiger partial charge in [-0.1, -0.05) is 0 Å². The number of unbranched alkanes of at least 4 members (excludes halogenated alkanes) is 1. The molecule has 1 N–H and O–H groups in total. The molecule has 6 aromatic rings. The number of aromatic nitrogens is 2. The molecule has 0 radical (unpaired) electrons. The fraction of sp³-hybridized carbons (Fsp3) is 0.306. The number of esters is 1. The van der Waals surface area contributed by atoms with Crippen LogP contribution in [0.4, 0.5) is 11.6 Å². The molecule has 6 aliphatic heterocycles. The average Bonchev–Trinajstić information content (AvgIpc) is 4.02. The number of carbonyl (C=O) groups excluding carboxylic acids is 2. The number of methoxy groups -OCH3 is 1. The number of hydrogen-bond acceptors (Lipinski definition) is 9. The second kappa shape index (κ2) is 13.7. The zero-order valence-electron chi connectivity index (χ0n) is 38.2. The van der Waals surface area contributed by atoms with Gasteiger partial charge in [0.25, 0.3) is 0 Å². The number of hydrogen-bond donors (Lipinski definition) is 1. The number of carbonyl (C=O) groups is 2. The van der Waals surface area contributed by atoms with E-state index in [-0.39, 0.29) is 11.9 Å². The van der Waals surface area contributed by atoms with Crippen LogP contribution in [0.15, 0.2) is 117 Å². The third-order valence-electron chi connectivity index (χ3n) is 14.5. The van der Waals surface area contributed by atoms with Crippen LogP contribution in [0.1, 0.15) is 67.7 Å². The van der Waals surface area contributed by atoms with Gasteiger partial charge in [0.15, 0.2) is 0 Å². The Balaban J connectivity index is 1.21. The molecule has 0 unspecified atom stereocenters. The zero-order chi connectivity index (χ0) is 45.4. The first kappa shape index (κ1) is 41.2. The summed E-state index contributed by atoms with van der Waals surface area (Å²) in [5.41, 5.74) is 5.28. The van der Waals surface area contributed by atoms with Crippen molar-refractivity contribution >= 4 is 92.8 Å². The van der Waals surface area contributed by atoms with Gasteiger partial charge in [0, 0.05) is 0 Å². The van der Waals surface area contributed by atoms with Crippen molar-refractivity contribution < 1.29 is 31.0 Å². The molecule has 0 atom stereocenters. The van der Waals surface area contributed by atoms with E-state index in [0.29, 0.717) is 44.7 Å². The van der Waals surface area contributed by atoms with Crippen LogP contribution in [0.3, 0.4) is 0 Å². The first-order valence-electron chi connectivity index (χ1n) is 23.3. The molecule has 0 saturated heterocycles. The minimum atomic E-state index is -6.69. The molecular formula is C49H53N9O5Si3. The molecule has 0 aliphatic carbocycles. The quantitative estimate of drug-likeness (QED) is 0.0649. The minimum absolute atomic E-state index is 0.0315. The summed E-state index contributed by atoms with van der Waals surface area (Å²) in [7, 11) is -11.4. The monoisotopic (exact) mass is 931 g/mol. The van der Waals surface area contributed by atoms with Crippen molar-refractivity contribution in [3.63, 3.8) is 0 Å². The number of nitrogens with one attached hydrogen (secondary N) is 1. The molecule has 0 bridgehead atoms. The van der Waals surface area contributed by atoms with Crippen molar-refractivity contribution in [2.45, 2.75) is 83.7 Å². The molecule has 17 heteroatoms. The van der Waals surface area contributed by atoms with Gasteiger partial charge in [-0.2, -0.15) is 0 Å². The van der Waals surface area contributed by atoms with Crippen LogP contribution in [0, 0.1) is 0 Å². The van der Waals surface area contributed by atoms with Gasteiger partial charge in [0.1, 0.15) is 0 Å². The number of benzene rings is 4. The number of amides is 1. The van der Waals surface area contributed by atoms with E-state index in [9.17, 15) is 9.59 Å². The SMILES string of the molecule is CCC[Si](C)(C)O[Si-2]123(O[Si](C)(C)CCCNC(=O)CCCCC(=O)OC)n4c5c6ccccc6c4N=C4c6ccccc6C(=[N+]41)N=c1c4ccccc4c(n12)=NC1=[N+]3C(=N5)c2ccccc21. The van der Waals surface area contributed by atoms with Crippen molar-refractivity contribution in [2.24, 2.45) is 20.0 Å². The van der Waals surface area contributed by atoms with Crippen molar-refractivity contribution in [1.29, 1.82) is 0 Å². The van der Waals surface area contributed by atoms with Gasteiger partial charge >= 0.3 is 369 Å². The van der Waals surface area contributed by atoms with Gasteiger partial charge in [0.05, 0.1) is 7.11 Å². The average molecular weight is 932 g/mol. The molecule has 0 fully saturated rings. The summed E-state index contributed by atoms with van der Waals surface area (Å²) in [6.45, 7) is 12.0. The summed E-state index contributed by atoms with van der Waals surface area (Å²) < 4.78 is 32.5. The van der Waals surface area contributed by atoms with Crippen LogP contribution in [0.25, 0.3) is 21.5 Å². The van der Waals surface area contributed by atoms with E-state index in [1.807, 2.05) is 0 Å². The van der Waals surface area contributed by atoms with Gasteiger partial charge in [0.2, 0.25) is 0 Å². The number of fused-ring (bicyclic) bond motifs is 12. The van der Waals surface area contributed by atoms with Crippen molar-refractivity contribution in [3.8, 4) is 0 Å². The Morgan fingerprint density at radius 2 is 1.08 bits per heavy atom. The molecule has 1 amide bonds. The third-order valence-corrected chi connectivity index (χ3v) is 31.3. The summed E-state index contributed by atoms with van der Waals surface area (Å²) in [6, 6.07) is 35.4. The Morgan fingerprint density at radius 1 is 0.606 bits per heavy atom. The van der Waals surface area contributed by atoms with Gasteiger partial charge in [-0.25, -0.2) is 0 Å². The van der Waals surface area contributed by atoms with E-state index < -0.39 is 24.4 Å². The van der Waals surface area contributed by atoms with E-state index >= 15 is 0 Å². The standard InChI is InChI=1S/C49H53N9O5Si3/c1-7-30-64(3,4)62-66(63-65(5,6)31-18-29-50-40(59)27-16-17-28-41(60)61-2)55-42-32-19-8-9-20-33(32)43(55)52-45-36-23-12-13-24-37(36)47(57(45)66)54-49-39-26-15-14-25-38(39)48(58(49)66)53-46-35-22-11-10-21-34(35)44(51-42)56(46)66/h8-15,19-26H,7,16-18,27-31H2,1-6H3,(H,50,59). The molecule has 6 aliphatic rings. The van der Waals surface area contributed by atoms with Crippen LogP contribution >= 0.6 is 0 Å². The van der Waals surface area contributed by atoms with Crippen molar-refractivity contribution in [3.05, 3.63) is 130 Å². The maximum absolute atomic E-state index is 13.2. The van der Waals surface area contributed by atoms with Crippen LogP contribution in [0.2, 0.25) is 38.3 Å². The third kappa shape index (κ3) is 4.90. The maximum atomic E-state index is 13.2. The number of nitrogens with zero attached hydrogens (tertiary/aromatic N) is 8. The molecule has 12 rings (SSSR count). The zero-order valence-corrected chi connectivity index (χ0v) is 41.2. The first-order valence-corrected chi connectivity index (χ1v) is 32.2. The first-order chi connectivity index (χ1) is 31.8. The predicted octanol–water partition coefficient (Wildman–Crippen LogP) is 7.42. The summed E-state index contributed by atoms with van der Waals surface area (Å²) >= 11 is 0. The topological polar surface area (TPSA) is 139 Å². The predicted molar refractivity (Wildman–Crippen MR) is 262 cm³/mol. The van der Waals surface area contributed by atoms with E-state index in [1.54, 1.807) is 0 Å². The number of aliphatic imine (C=N–C) groups is 2. The van der Waals surface area contributed by atoms with Gasteiger partial charge in [-0.3, -0.25) is 4.79 Å². The van der Waals surface area contributed by atoms with Crippen LogP contribution in [-0.2, 0) is 22.6 Å². The normalized spacial score (nSPS) is 18.9. The summed E-state index contributed by atoms with van der Waals surface area (Å²) in [5, 5.41) is 7.00. The van der Waals surface area contributed by atoms with E-state index in [1.165, 1.54) is 7.11 Å². The molecule has 0 saturated carbocycles. The second-order valence-electron chi connectivity index (χ2n) is 19.7. The van der Waals surface area contributed by atoms with Crippen LogP contribution in [-0.4, -0.2) is 90.2 Å². The molecular weight excluding hydrogens is 879 g/mol. The number of ether oxygens (including phenoxy) is 1. The Bertz CT molecular complexity index is 3330. The number of amidine groups is 4. The fourth-order valence-electron chi connectivity index (χ4n) is 12.4. The molecule has 66 heavy (non-hydrogen) atoms. The van der Waals surface area contributed by atoms with E-state index in [0.717, 1.165) is 102 Å². The molecule has 1 spiro atoms.